The number of benzene rings is 1. The Kier molecular flexibility index (Phi) is 5.52. The van der Waals surface area contributed by atoms with E-state index < -0.39 is 23.2 Å². The molecule has 2 N–H and O–H groups in total. The van der Waals surface area contributed by atoms with E-state index in [0.717, 1.165) is 12.1 Å². The second-order valence-electron chi connectivity index (χ2n) is 5.47. The van der Waals surface area contributed by atoms with Crippen molar-refractivity contribution < 1.29 is 18.0 Å². The Balaban J connectivity index is 2.05. The second-order valence-corrected chi connectivity index (χ2v) is 5.88. The van der Waals surface area contributed by atoms with Crippen molar-refractivity contribution in [1.82, 2.24) is 15.3 Å². The second kappa shape index (κ2) is 7.26. The summed E-state index contributed by atoms with van der Waals surface area (Å²) >= 11 is 5.83. The van der Waals surface area contributed by atoms with E-state index >= 15 is 0 Å². The van der Waals surface area contributed by atoms with Crippen molar-refractivity contribution in [3.8, 4) is 0 Å². The van der Waals surface area contributed by atoms with Crippen LogP contribution in [0.1, 0.15) is 28.2 Å². The lowest BCUT2D eigenvalue weighted by Crippen LogP contribution is -2.29. The molecule has 0 radical (unpaired) electrons. The van der Waals surface area contributed by atoms with E-state index in [0.29, 0.717) is 17.1 Å². The molecule has 1 aromatic carbocycles. The van der Waals surface area contributed by atoms with Crippen molar-refractivity contribution in [3.63, 3.8) is 0 Å². The van der Waals surface area contributed by atoms with E-state index in [2.05, 4.69) is 15.3 Å². The number of nitrogens with one attached hydrogen (secondary N) is 2. The van der Waals surface area contributed by atoms with Gasteiger partial charge in [0.05, 0.1) is 12.0 Å². The van der Waals surface area contributed by atoms with Gasteiger partial charge < -0.3 is 10.3 Å². The van der Waals surface area contributed by atoms with Crippen LogP contribution in [-0.2, 0) is 23.9 Å². The topological polar surface area (TPSA) is 74.8 Å². The van der Waals surface area contributed by atoms with Crippen molar-refractivity contribution in [2.75, 3.05) is 0 Å². The van der Waals surface area contributed by atoms with Crippen LogP contribution < -0.4 is 10.9 Å². The predicted molar refractivity (Wildman–Crippen MR) is 86.3 cm³/mol. The molecule has 0 spiro atoms. The van der Waals surface area contributed by atoms with Gasteiger partial charge in [-0.1, -0.05) is 17.7 Å². The van der Waals surface area contributed by atoms with Gasteiger partial charge in [0.1, 0.15) is 5.82 Å². The zero-order valence-electron chi connectivity index (χ0n) is 13.4. The third-order valence-electron chi connectivity index (χ3n) is 3.53. The quantitative estimate of drug-likeness (QED) is 0.865. The Morgan fingerprint density at radius 2 is 2.00 bits per heavy atom. The largest absolute Gasteiger partial charge is 0.416 e. The number of hydrogen-bond acceptors (Lipinski definition) is 3. The number of carbonyl (C=O) groups excluding carboxylic acids is 1. The Hall–Kier alpha value is -2.35. The third-order valence-corrected chi connectivity index (χ3v) is 3.89. The Morgan fingerprint density at radius 3 is 2.56 bits per heavy atom. The first-order chi connectivity index (χ1) is 11.6. The molecule has 0 bridgehead atoms. The van der Waals surface area contributed by atoms with Crippen molar-refractivity contribution in [2.45, 2.75) is 33.0 Å². The van der Waals surface area contributed by atoms with Gasteiger partial charge in [0.15, 0.2) is 0 Å². The first-order valence-electron chi connectivity index (χ1n) is 7.26. The number of alkyl halides is 3. The molecule has 0 atom stereocenters. The summed E-state index contributed by atoms with van der Waals surface area (Å²) in [5.74, 6) is -0.0154. The normalized spacial score (nSPS) is 11.4. The molecular weight excluding hydrogens is 359 g/mol. The summed E-state index contributed by atoms with van der Waals surface area (Å²) in [5, 5.41) is 2.43. The fraction of sp³-hybridized carbons (Fsp3) is 0.312. The molecule has 0 aliphatic heterocycles. The summed E-state index contributed by atoms with van der Waals surface area (Å²) in [6.45, 7) is 3.20. The van der Waals surface area contributed by atoms with Crippen LogP contribution in [0.25, 0.3) is 0 Å². The Bertz CT molecular complexity index is 863. The molecule has 0 unspecified atom stereocenters. The summed E-state index contributed by atoms with van der Waals surface area (Å²) in [5.41, 5.74) is -0.227. The number of H-pyrrole nitrogens is 1. The summed E-state index contributed by atoms with van der Waals surface area (Å²) in [6, 6.07) is 2.91. The molecular formula is C16H15ClF3N3O2. The summed E-state index contributed by atoms with van der Waals surface area (Å²) in [6.07, 6.45) is -4.67. The highest BCUT2D eigenvalue weighted by molar-refractivity contribution is 6.31. The number of aryl methyl sites for hydroxylation is 2. The van der Waals surface area contributed by atoms with Crippen molar-refractivity contribution in [3.05, 3.63) is 61.8 Å². The minimum Gasteiger partial charge on any atom is -0.352 e. The van der Waals surface area contributed by atoms with E-state index in [-0.39, 0.29) is 23.6 Å². The highest BCUT2D eigenvalue weighted by Crippen LogP contribution is 2.32. The van der Waals surface area contributed by atoms with Gasteiger partial charge in [0.25, 0.3) is 5.56 Å². The van der Waals surface area contributed by atoms with Gasteiger partial charge in [-0.05, 0) is 31.5 Å². The standard InChI is InChI=1S/C16H15ClF3N3O2/c1-8-12(15(25)23-9(2)22-8)6-14(24)21-7-10-3-4-11(5-13(10)17)16(18,19)20/h3-5H,6-7H2,1-2H3,(H,21,24)(H,22,23,25). The monoisotopic (exact) mass is 373 g/mol. The van der Waals surface area contributed by atoms with Crippen molar-refractivity contribution in [1.29, 1.82) is 0 Å². The molecule has 25 heavy (non-hydrogen) atoms. The molecule has 0 fully saturated rings. The number of aromatic nitrogens is 2. The Labute approximate surface area is 146 Å². The Morgan fingerprint density at radius 1 is 1.32 bits per heavy atom. The average molecular weight is 374 g/mol. The maximum atomic E-state index is 12.6. The van der Waals surface area contributed by atoms with Gasteiger partial charge in [-0.3, -0.25) is 9.59 Å². The van der Waals surface area contributed by atoms with Gasteiger partial charge in [-0.15, -0.1) is 0 Å². The highest BCUT2D eigenvalue weighted by atomic mass is 35.5. The lowest BCUT2D eigenvalue weighted by molar-refractivity contribution is -0.137. The first-order valence-corrected chi connectivity index (χ1v) is 7.64. The molecule has 9 heteroatoms. The third kappa shape index (κ3) is 4.82. The van der Waals surface area contributed by atoms with Crippen LogP contribution in [0.5, 0.6) is 0 Å². The number of amides is 1. The van der Waals surface area contributed by atoms with Crippen LogP contribution in [0.2, 0.25) is 5.02 Å². The number of hydrogen-bond donors (Lipinski definition) is 2. The summed E-state index contributed by atoms with van der Waals surface area (Å²) < 4.78 is 37.8. The van der Waals surface area contributed by atoms with E-state index in [9.17, 15) is 22.8 Å². The minimum atomic E-state index is -4.48. The molecule has 1 heterocycles. The lowest BCUT2D eigenvalue weighted by atomic mass is 10.1. The van der Waals surface area contributed by atoms with Crippen molar-refractivity contribution >= 4 is 17.5 Å². The van der Waals surface area contributed by atoms with Crippen LogP contribution in [-0.4, -0.2) is 15.9 Å². The minimum absolute atomic E-state index is 0.0496. The van der Waals surface area contributed by atoms with Gasteiger partial charge in [-0.25, -0.2) is 4.98 Å². The van der Waals surface area contributed by atoms with E-state index in [1.807, 2.05) is 0 Å². The molecule has 134 valence electrons. The number of nitrogens with zero attached hydrogens (tertiary/aromatic N) is 1. The van der Waals surface area contributed by atoms with Crippen molar-refractivity contribution in [2.24, 2.45) is 0 Å². The highest BCUT2D eigenvalue weighted by Gasteiger charge is 2.30. The molecule has 0 saturated heterocycles. The van der Waals surface area contributed by atoms with Gasteiger partial charge >= 0.3 is 6.18 Å². The maximum absolute atomic E-state index is 12.6. The molecule has 1 amide bonds. The molecule has 0 saturated carbocycles. The fourth-order valence-corrected chi connectivity index (χ4v) is 2.49. The summed E-state index contributed by atoms with van der Waals surface area (Å²) in [7, 11) is 0. The van der Waals surface area contributed by atoms with E-state index in [1.165, 1.54) is 6.07 Å². The molecule has 0 aliphatic rings. The lowest BCUT2D eigenvalue weighted by Gasteiger charge is -2.11. The SMILES string of the molecule is Cc1nc(C)c(CC(=O)NCc2ccc(C(F)(F)F)cc2Cl)c(=O)[nH]1. The average Bonchev–Trinajstić information content (AvgIpc) is 2.48. The van der Waals surface area contributed by atoms with Crippen LogP contribution >= 0.6 is 11.6 Å². The van der Waals surface area contributed by atoms with Gasteiger partial charge in [-0.2, -0.15) is 13.2 Å². The number of rotatable bonds is 4. The van der Waals surface area contributed by atoms with E-state index in [1.54, 1.807) is 13.8 Å². The van der Waals surface area contributed by atoms with Gasteiger partial charge in [0.2, 0.25) is 5.91 Å². The first kappa shape index (κ1) is 19.0. The van der Waals surface area contributed by atoms with E-state index in [4.69, 9.17) is 11.6 Å². The molecule has 1 aromatic heterocycles. The van der Waals surface area contributed by atoms with Crippen LogP contribution in [0.4, 0.5) is 13.2 Å². The van der Waals surface area contributed by atoms with Crippen LogP contribution in [0, 0.1) is 13.8 Å². The number of halogens is 4. The zero-order valence-corrected chi connectivity index (χ0v) is 14.2. The smallest absolute Gasteiger partial charge is 0.352 e. The maximum Gasteiger partial charge on any atom is 0.416 e. The molecule has 0 aliphatic carbocycles. The predicted octanol–water partition coefficient (Wildman–Crippen LogP) is 2.92. The fourth-order valence-electron chi connectivity index (χ4n) is 2.24. The zero-order chi connectivity index (χ0) is 18.8. The van der Waals surface area contributed by atoms with Gasteiger partial charge in [0, 0.05) is 22.8 Å². The van der Waals surface area contributed by atoms with Crippen LogP contribution in [0.15, 0.2) is 23.0 Å². The number of aromatic amines is 1. The molecule has 2 rings (SSSR count). The summed E-state index contributed by atoms with van der Waals surface area (Å²) in [4.78, 5) is 30.5. The number of carbonyl (C=O) groups is 1. The molecule has 2 aromatic rings. The van der Waals surface area contributed by atoms with Crippen LogP contribution in [0.3, 0.4) is 0 Å². The molecule has 5 nitrogen and oxygen atoms in total.